The maximum absolute atomic E-state index is 12.8. The number of amides is 1. The average molecular weight is 549 g/mol. The number of sulfonamides is 1. The van der Waals surface area contributed by atoms with Crippen molar-refractivity contribution in [2.75, 3.05) is 31.7 Å². The summed E-state index contributed by atoms with van der Waals surface area (Å²) in [5, 5.41) is 5.45. The highest BCUT2D eigenvalue weighted by Gasteiger charge is 2.26. The summed E-state index contributed by atoms with van der Waals surface area (Å²) in [6.45, 7) is 2.79. The van der Waals surface area contributed by atoms with Crippen LogP contribution >= 0.6 is 11.3 Å². The molecule has 0 atom stereocenters. The summed E-state index contributed by atoms with van der Waals surface area (Å²) in [5.74, 6) is 0.767. The lowest BCUT2D eigenvalue weighted by Gasteiger charge is -2.30. The number of benzene rings is 1. The highest BCUT2D eigenvalue weighted by atomic mass is 32.2. The summed E-state index contributed by atoms with van der Waals surface area (Å²) in [5.41, 5.74) is 7.28. The molecular weight excluding hydrogens is 520 g/mol. The van der Waals surface area contributed by atoms with E-state index in [-0.39, 0.29) is 36.7 Å². The number of nitrogens with one attached hydrogen (secondary N) is 1. The Bertz CT molecular complexity index is 1400. The van der Waals surface area contributed by atoms with Gasteiger partial charge in [-0.25, -0.2) is 22.5 Å². The van der Waals surface area contributed by atoms with Gasteiger partial charge in [-0.3, -0.25) is 4.79 Å². The highest BCUT2D eigenvalue weighted by Crippen LogP contribution is 2.37. The van der Waals surface area contributed by atoms with Crippen LogP contribution in [0.15, 0.2) is 35.8 Å². The molecule has 3 heterocycles. The van der Waals surface area contributed by atoms with E-state index in [1.54, 1.807) is 31.2 Å². The van der Waals surface area contributed by atoms with Crippen LogP contribution in [0.25, 0.3) is 10.1 Å². The van der Waals surface area contributed by atoms with Crippen LogP contribution in [0, 0.1) is 0 Å². The molecule has 4 rings (SSSR count). The fourth-order valence-corrected chi connectivity index (χ4v) is 5.90. The van der Waals surface area contributed by atoms with Gasteiger partial charge in [-0.2, -0.15) is 0 Å². The molecule has 2 aromatic heterocycles. The Morgan fingerprint density at radius 3 is 2.73 bits per heavy atom. The first-order chi connectivity index (χ1) is 17.7. The molecule has 3 aromatic rings. The van der Waals surface area contributed by atoms with Crippen molar-refractivity contribution >= 4 is 49.3 Å². The van der Waals surface area contributed by atoms with Gasteiger partial charge in [0, 0.05) is 35.6 Å². The van der Waals surface area contributed by atoms with E-state index in [1.807, 2.05) is 5.38 Å². The maximum Gasteiger partial charge on any atom is 0.513 e. The van der Waals surface area contributed by atoms with Gasteiger partial charge in [-0.1, -0.05) is 6.07 Å². The molecule has 11 nitrogen and oxygen atoms in total. The Hall–Kier alpha value is -3.42. The number of nitrogens with two attached hydrogens (primary N) is 1. The van der Waals surface area contributed by atoms with Crippen LogP contribution in [0.3, 0.4) is 0 Å². The molecule has 1 saturated heterocycles. The molecule has 0 spiro atoms. The second-order valence-corrected chi connectivity index (χ2v) is 11.3. The van der Waals surface area contributed by atoms with Gasteiger partial charge in [0.15, 0.2) is 5.75 Å². The second kappa shape index (κ2) is 11.3. The first kappa shape index (κ1) is 26.6. The van der Waals surface area contributed by atoms with Crippen molar-refractivity contribution in [3.05, 3.63) is 47.0 Å². The molecule has 0 aliphatic carbocycles. The van der Waals surface area contributed by atoms with Crippen molar-refractivity contribution in [3.8, 4) is 11.5 Å². The first-order valence-electron chi connectivity index (χ1n) is 11.6. The van der Waals surface area contributed by atoms with E-state index in [9.17, 15) is 18.0 Å². The maximum atomic E-state index is 12.8. The molecule has 1 fully saturated rings. The van der Waals surface area contributed by atoms with E-state index < -0.39 is 16.2 Å². The molecule has 198 valence electrons. The third-order valence-electron chi connectivity index (χ3n) is 5.87. The topological polar surface area (TPSA) is 150 Å². The van der Waals surface area contributed by atoms with Crippen molar-refractivity contribution in [1.82, 2.24) is 14.6 Å². The summed E-state index contributed by atoms with van der Waals surface area (Å²) < 4.78 is 41.5. The Balaban J connectivity index is 1.40. The van der Waals surface area contributed by atoms with Crippen molar-refractivity contribution in [1.29, 1.82) is 0 Å². The molecular formula is C24H28N4O7S2. The number of hydrogen-bond acceptors (Lipinski definition) is 10. The van der Waals surface area contributed by atoms with Crippen molar-refractivity contribution in [3.63, 3.8) is 0 Å². The van der Waals surface area contributed by atoms with Gasteiger partial charge >= 0.3 is 6.16 Å². The molecule has 0 saturated carbocycles. The summed E-state index contributed by atoms with van der Waals surface area (Å²) in [7, 11) is -3.22. The monoisotopic (exact) mass is 548 g/mol. The molecule has 3 N–H and O–H groups in total. The molecule has 1 aliphatic rings. The minimum Gasteiger partial charge on any atom is -0.489 e. The number of ether oxygens (including phenoxy) is 3. The molecule has 1 aromatic carbocycles. The molecule has 0 bridgehead atoms. The third-order valence-corrected chi connectivity index (χ3v) is 8.22. The molecule has 0 radical (unpaired) electrons. The molecule has 37 heavy (non-hydrogen) atoms. The number of thiophene rings is 1. The molecule has 1 aliphatic heterocycles. The number of hydrogen-bond donors (Lipinski definition) is 2. The number of carbonyl (C=O) groups excluding carboxylic acids is 2. The van der Waals surface area contributed by atoms with E-state index in [4.69, 9.17) is 19.9 Å². The Morgan fingerprint density at radius 2 is 2.03 bits per heavy atom. The lowest BCUT2D eigenvalue weighted by molar-refractivity contribution is 0.0922. The molecule has 1 amide bonds. The number of piperidine rings is 1. The van der Waals surface area contributed by atoms with Crippen molar-refractivity contribution in [2.45, 2.75) is 32.4 Å². The number of carbonyl (C=O) groups is 2. The number of anilines is 1. The minimum absolute atomic E-state index is 0.103. The summed E-state index contributed by atoms with van der Waals surface area (Å²) >= 11 is 1.34. The average Bonchev–Trinajstić information content (AvgIpc) is 3.30. The fourth-order valence-electron chi connectivity index (χ4n) is 4.01. The lowest BCUT2D eigenvalue weighted by Crippen LogP contribution is -2.46. The van der Waals surface area contributed by atoms with Gasteiger partial charge in [0.25, 0.3) is 5.91 Å². The highest BCUT2D eigenvalue weighted by molar-refractivity contribution is 7.88. The molecule has 0 unspecified atom stereocenters. The van der Waals surface area contributed by atoms with Gasteiger partial charge < -0.3 is 25.3 Å². The number of rotatable bonds is 8. The largest absolute Gasteiger partial charge is 0.513 e. The summed E-state index contributed by atoms with van der Waals surface area (Å²) in [6.07, 6.45) is 2.85. The predicted molar refractivity (Wildman–Crippen MR) is 139 cm³/mol. The summed E-state index contributed by atoms with van der Waals surface area (Å²) in [6, 6.07) is 6.70. The first-order valence-corrected chi connectivity index (χ1v) is 14.4. The second-order valence-electron chi connectivity index (χ2n) is 8.48. The minimum atomic E-state index is -3.22. The number of nitrogens with zero attached hydrogens (tertiary/aromatic N) is 2. The zero-order valence-corrected chi connectivity index (χ0v) is 22.1. The Morgan fingerprint density at radius 1 is 1.27 bits per heavy atom. The van der Waals surface area contributed by atoms with Gasteiger partial charge in [0.05, 0.1) is 23.8 Å². The van der Waals surface area contributed by atoms with Crippen LogP contribution in [0.2, 0.25) is 0 Å². The Kier molecular flexibility index (Phi) is 8.15. The van der Waals surface area contributed by atoms with Gasteiger partial charge in [-0.05, 0) is 43.3 Å². The van der Waals surface area contributed by atoms with Gasteiger partial charge in [0.2, 0.25) is 10.0 Å². The van der Waals surface area contributed by atoms with E-state index in [1.165, 1.54) is 28.1 Å². The summed E-state index contributed by atoms with van der Waals surface area (Å²) in [4.78, 5) is 28.7. The lowest BCUT2D eigenvalue weighted by atomic mass is 10.1. The van der Waals surface area contributed by atoms with Crippen molar-refractivity contribution < 1.29 is 32.2 Å². The van der Waals surface area contributed by atoms with Gasteiger partial charge in [0.1, 0.15) is 18.2 Å². The van der Waals surface area contributed by atoms with Crippen LogP contribution in [-0.4, -0.2) is 61.8 Å². The predicted octanol–water partition coefficient (Wildman–Crippen LogP) is 3.15. The van der Waals surface area contributed by atoms with E-state index >= 15 is 0 Å². The standard InChI is InChI=1S/C24H28N4O7S2/c1-3-33-24(30)35-19-12-26-22(25)20-16(14-36-21(19)20)13-34-18-6-4-5-15(11-18)23(29)27-17-7-9-28(10-8-17)37(2,31)32/h4-6,11-12,14,17H,3,7-10,13H2,1-2H3,(H2,25,26)(H,27,29). The van der Waals surface area contributed by atoms with E-state index in [0.29, 0.717) is 47.3 Å². The third kappa shape index (κ3) is 6.48. The zero-order valence-electron chi connectivity index (χ0n) is 20.4. The van der Waals surface area contributed by atoms with E-state index in [0.717, 1.165) is 5.56 Å². The number of pyridine rings is 1. The zero-order chi connectivity index (χ0) is 26.6. The Labute approximate surface area is 218 Å². The number of nitrogen functional groups attached to an aromatic ring is 1. The van der Waals surface area contributed by atoms with Crippen LogP contribution in [0.5, 0.6) is 11.5 Å². The van der Waals surface area contributed by atoms with Crippen LogP contribution in [-0.2, 0) is 21.4 Å². The smallest absolute Gasteiger partial charge is 0.489 e. The van der Waals surface area contributed by atoms with Crippen LogP contribution < -0.4 is 20.5 Å². The SMILES string of the molecule is CCOC(=O)Oc1cnc(N)c2c(COc3cccc(C(=O)NC4CCN(S(C)(=O)=O)CC4)c3)csc12. The normalized spacial score (nSPS) is 14.9. The fraction of sp³-hybridized carbons (Fsp3) is 0.375. The van der Waals surface area contributed by atoms with Gasteiger partial charge in [-0.15, -0.1) is 11.3 Å². The van der Waals surface area contributed by atoms with Crippen LogP contribution in [0.1, 0.15) is 35.7 Å². The number of aromatic nitrogens is 1. The number of fused-ring (bicyclic) bond motifs is 1. The van der Waals surface area contributed by atoms with E-state index in [2.05, 4.69) is 10.3 Å². The quantitative estimate of drug-likeness (QED) is 0.405. The molecule has 13 heteroatoms. The van der Waals surface area contributed by atoms with Crippen molar-refractivity contribution in [2.24, 2.45) is 0 Å². The van der Waals surface area contributed by atoms with Crippen LogP contribution in [0.4, 0.5) is 10.6 Å².